The van der Waals surface area contributed by atoms with E-state index in [1.807, 2.05) is 52.2 Å². The Morgan fingerprint density at radius 1 is 1.21 bits per heavy atom. The number of fused-ring (bicyclic) bond motifs is 1. The van der Waals surface area contributed by atoms with Crippen LogP contribution in [-0.4, -0.2) is 38.2 Å². The third kappa shape index (κ3) is 3.35. The maximum atomic E-state index is 13.3. The van der Waals surface area contributed by atoms with E-state index in [2.05, 4.69) is 18.9 Å². The topological polar surface area (TPSA) is 60.1 Å². The molecule has 6 heteroatoms. The normalized spacial score (nSPS) is 17.2. The summed E-state index contributed by atoms with van der Waals surface area (Å²) in [5.41, 5.74) is 2.02. The van der Waals surface area contributed by atoms with Crippen molar-refractivity contribution in [1.29, 1.82) is 0 Å². The van der Waals surface area contributed by atoms with Crippen molar-refractivity contribution in [1.82, 2.24) is 19.2 Å². The lowest BCUT2D eigenvalue weighted by molar-refractivity contribution is 0.0682. The maximum absolute atomic E-state index is 13.3. The van der Waals surface area contributed by atoms with Crippen LogP contribution in [-0.2, 0) is 6.54 Å². The first kappa shape index (κ1) is 18.5. The summed E-state index contributed by atoms with van der Waals surface area (Å²) in [4.78, 5) is 28.3. The number of carbonyl (C=O) groups excluding carboxylic acids is 1. The second-order valence-electron chi connectivity index (χ2n) is 7.72. The molecule has 6 nitrogen and oxygen atoms in total. The first-order chi connectivity index (χ1) is 13.6. The molecule has 0 unspecified atom stereocenters. The zero-order valence-corrected chi connectivity index (χ0v) is 16.5. The van der Waals surface area contributed by atoms with Gasteiger partial charge in [0.15, 0.2) is 0 Å². The van der Waals surface area contributed by atoms with Crippen molar-refractivity contribution in [2.45, 2.75) is 39.7 Å². The predicted molar refractivity (Wildman–Crippen MR) is 109 cm³/mol. The molecule has 1 amide bonds. The van der Waals surface area contributed by atoms with Crippen molar-refractivity contribution in [3.8, 4) is 16.9 Å². The Balaban J connectivity index is 1.84. The molecule has 0 radical (unpaired) electrons. The zero-order chi connectivity index (χ0) is 19.7. The van der Waals surface area contributed by atoms with Crippen LogP contribution < -0.4 is 5.56 Å². The molecule has 3 aliphatic heterocycles. The number of nitrogens with zero attached hydrogens (tertiary/aromatic N) is 4. The van der Waals surface area contributed by atoms with Gasteiger partial charge < -0.3 is 9.47 Å². The second-order valence-corrected chi connectivity index (χ2v) is 7.72. The Bertz CT molecular complexity index is 1010. The Morgan fingerprint density at radius 2 is 2.00 bits per heavy atom. The highest BCUT2D eigenvalue weighted by molar-refractivity contribution is 6.00. The van der Waals surface area contributed by atoms with Gasteiger partial charge in [0, 0.05) is 32.0 Å². The number of aryl methyl sites for hydroxylation is 1. The number of para-hydroxylation sites is 1. The molecule has 0 aromatic heterocycles. The highest BCUT2D eigenvalue weighted by Crippen LogP contribution is 2.26. The summed E-state index contributed by atoms with van der Waals surface area (Å²) in [6, 6.07) is 9.35. The third-order valence-electron chi connectivity index (χ3n) is 5.38. The van der Waals surface area contributed by atoms with E-state index in [1.54, 1.807) is 0 Å². The lowest BCUT2D eigenvalue weighted by Gasteiger charge is -2.31. The molecule has 0 saturated carbocycles. The maximum Gasteiger partial charge on any atom is 0.282 e. The number of hydrogen-bond acceptors (Lipinski definition) is 3. The predicted octanol–water partition coefficient (Wildman–Crippen LogP) is 3.42. The first-order valence-electron chi connectivity index (χ1n) is 10.1. The van der Waals surface area contributed by atoms with E-state index >= 15 is 0 Å². The number of pyridine rings is 1. The molecule has 4 rings (SSSR count). The number of piperidine rings is 1. The molecule has 1 aromatic rings. The lowest BCUT2D eigenvalue weighted by atomic mass is 9.99. The van der Waals surface area contributed by atoms with Gasteiger partial charge in [0.2, 0.25) is 0 Å². The fourth-order valence-electron chi connectivity index (χ4n) is 3.99. The van der Waals surface area contributed by atoms with Crippen molar-refractivity contribution in [3.05, 3.63) is 58.6 Å². The van der Waals surface area contributed by atoms with Crippen molar-refractivity contribution < 1.29 is 4.79 Å². The van der Waals surface area contributed by atoms with Gasteiger partial charge in [-0.1, -0.05) is 32.0 Å². The van der Waals surface area contributed by atoms with E-state index in [0.29, 0.717) is 28.4 Å². The number of rotatable bonds is 4. The van der Waals surface area contributed by atoms with Gasteiger partial charge in [-0.05, 0) is 37.3 Å². The van der Waals surface area contributed by atoms with E-state index in [0.717, 1.165) is 38.9 Å². The fraction of sp³-hybridized carbons (Fsp3) is 0.409. The number of aromatic nitrogens is 3. The van der Waals surface area contributed by atoms with E-state index in [1.165, 1.54) is 4.68 Å². The highest BCUT2D eigenvalue weighted by atomic mass is 16.2. The monoisotopic (exact) mass is 378 g/mol. The van der Waals surface area contributed by atoms with E-state index in [9.17, 15) is 9.59 Å². The summed E-state index contributed by atoms with van der Waals surface area (Å²) in [7, 11) is 0. The van der Waals surface area contributed by atoms with Crippen LogP contribution in [0.4, 0.5) is 0 Å². The van der Waals surface area contributed by atoms with Crippen LogP contribution in [0.1, 0.15) is 43.5 Å². The molecular weight excluding hydrogens is 352 g/mol. The summed E-state index contributed by atoms with van der Waals surface area (Å²) < 4.78 is 3.35. The van der Waals surface area contributed by atoms with Crippen molar-refractivity contribution in [2.75, 3.05) is 13.1 Å². The quantitative estimate of drug-likeness (QED) is 0.699. The number of benzene rings is 1. The molecule has 1 atom stereocenters. The lowest BCUT2D eigenvalue weighted by Crippen LogP contribution is -2.39. The molecule has 0 aliphatic carbocycles. The van der Waals surface area contributed by atoms with Crippen LogP contribution in [0, 0.1) is 5.92 Å². The Labute approximate surface area is 164 Å². The number of carbonyl (C=O) groups is 1. The minimum absolute atomic E-state index is 0.0280. The van der Waals surface area contributed by atoms with E-state index in [-0.39, 0.29) is 11.5 Å². The number of likely N-dealkylation sites (tertiary alicyclic amines) is 1. The van der Waals surface area contributed by atoms with Gasteiger partial charge in [-0.25, -0.2) is 0 Å². The van der Waals surface area contributed by atoms with Gasteiger partial charge in [-0.2, -0.15) is 9.78 Å². The average molecular weight is 378 g/mol. The van der Waals surface area contributed by atoms with Crippen LogP contribution in [0.5, 0.6) is 0 Å². The first-order valence-corrected chi connectivity index (χ1v) is 10.1. The molecule has 3 heterocycles. The molecular formula is C22H26N4O2. The van der Waals surface area contributed by atoms with Crippen LogP contribution >= 0.6 is 0 Å². The largest absolute Gasteiger partial charge is 0.353 e. The molecule has 0 bridgehead atoms. The molecule has 28 heavy (non-hydrogen) atoms. The Hall–Kier alpha value is -2.89. The minimum atomic E-state index is -0.187. The van der Waals surface area contributed by atoms with Crippen LogP contribution in [0.15, 0.2) is 47.5 Å². The molecule has 0 N–H and O–H groups in total. The molecule has 3 aliphatic rings. The SMILES string of the molecule is CCCn1cc(C(=O)N2CCC[C@H](C)C2)c2nn(-c3ccccc3)c(=O)c-2c1. The molecule has 146 valence electrons. The molecule has 1 aromatic carbocycles. The summed E-state index contributed by atoms with van der Waals surface area (Å²) in [5, 5.41) is 4.56. The number of amides is 1. The average Bonchev–Trinajstić information content (AvgIpc) is 3.04. The highest BCUT2D eigenvalue weighted by Gasteiger charge is 2.29. The van der Waals surface area contributed by atoms with Crippen molar-refractivity contribution in [2.24, 2.45) is 5.92 Å². The summed E-state index contributed by atoms with van der Waals surface area (Å²) >= 11 is 0. The Kier molecular flexibility index (Phi) is 5.03. The minimum Gasteiger partial charge on any atom is -0.353 e. The van der Waals surface area contributed by atoms with Gasteiger partial charge in [0.25, 0.3) is 11.5 Å². The van der Waals surface area contributed by atoms with E-state index < -0.39 is 0 Å². The second kappa shape index (κ2) is 7.62. The summed E-state index contributed by atoms with van der Waals surface area (Å²) in [6.45, 7) is 6.53. The van der Waals surface area contributed by atoms with Gasteiger partial charge in [-0.15, -0.1) is 0 Å². The van der Waals surface area contributed by atoms with Gasteiger partial charge >= 0.3 is 0 Å². The van der Waals surface area contributed by atoms with Crippen molar-refractivity contribution in [3.63, 3.8) is 0 Å². The summed E-state index contributed by atoms with van der Waals surface area (Å²) in [6.07, 6.45) is 6.77. The summed E-state index contributed by atoms with van der Waals surface area (Å²) in [5.74, 6) is 0.469. The van der Waals surface area contributed by atoms with Gasteiger partial charge in [0.05, 0.1) is 16.8 Å². The molecule has 1 saturated heterocycles. The molecule has 0 spiro atoms. The van der Waals surface area contributed by atoms with Crippen LogP contribution in [0.25, 0.3) is 16.9 Å². The van der Waals surface area contributed by atoms with Crippen LogP contribution in [0.2, 0.25) is 0 Å². The van der Waals surface area contributed by atoms with Crippen molar-refractivity contribution >= 4 is 5.91 Å². The Morgan fingerprint density at radius 3 is 2.71 bits per heavy atom. The smallest absolute Gasteiger partial charge is 0.282 e. The third-order valence-corrected chi connectivity index (χ3v) is 5.38. The van der Waals surface area contributed by atoms with Crippen LogP contribution in [0.3, 0.4) is 0 Å². The molecule has 1 fully saturated rings. The fourth-order valence-corrected chi connectivity index (χ4v) is 3.99. The number of hydrogen-bond donors (Lipinski definition) is 0. The van der Waals surface area contributed by atoms with E-state index in [4.69, 9.17) is 0 Å². The standard InChI is InChI=1S/C22H26N4O2/c1-3-11-24-14-18(21(27)25-12-7-8-16(2)13-25)20-19(15-24)22(28)26(23-20)17-9-5-4-6-10-17/h4-6,9-10,14-16H,3,7-8,11-13H2,1-2H3/t16-/m0/s1. The zero-order valence-electron chi connectivity index (χ0n) is 16.5. The van der Waals surface area contributed by atoms with Gasteiger partial charge in [0.1, 0.15) is 5.69 Å². The van der Waals surface area contributed by atoms with Gasteiger partial charge in [-0.3, -0.25) is 9.59 Å².